The summed E-state index contributed by atoms with van der Waals surface area (Å²) in [7, 11) is 0. The number of carbonyl (C=O) groups excluding carboxylic acids is 2. The maximum absolute atomic E-state index is 11.6. The zero-order valence-corrected chi connectivity index (χ0v) is 10.1. The van der Waals surface area contributed by atoms with Gasteiger partial charge in [-0.15, -0.1) is 0 Å². The minimum Gasteiger partial charge on any atom is -0.296 e. The lowest BCUT2D eigenvalue weighted by Gasteiger charge is -2.11. The Balaban J connectivity index is 4.62. The largest absolute Gasteiger partial charge is 0.296 e. The molecule has 0 saturated carbocycles. The van der Waals surface area contributed by atoms with E-state index in [2.05, 4.69) is 11.9 Å². The molecule has 0 aromatic carbocycles. The van der Waals surface area contributed by atoms with Crippen LogP contribution in [0.3, 0.4) is 0 Å². The van der Waals surface area contributed by atoms with Gasteiger partial charge >= 0.3 is 0 Å². The fraction of sp³-hybridized carbons (Fsp3) is 0.385. The number of rotatable bonds is 5. The van der Waals surface area contributed by atoms with Crippen molar-refractivity contribution in [1.29, 1.82) is 0 Å². The first-order chi connectivity index (χ1) is 7.56. The highest BCUT2D eigenvalue weighted by Crippen LogP contribution is 2.12. The maximum atomic E-state index is 11.6. The first-order valence-corrected chi connectivity index (χ1v) is 5.35. The number of nitrogens with one attached hydrogen (secondary N) is 1. The Kier molecular flexibility index (Phi) is 6.84. The Labute approximate surface area is 96.9 Å². The van der Waals surface area contributed by atoms with E-state index < -0.39 is 0 Å². The van der Waals surface area contributed by atoms with Gasteiger partial charge in [-0.3, -0.25) is 14.9 Å². The molecule has 0 fully saturated rings. The molecule has 0 saturated heterocycles. The van der Waals surface area contributed by atoms with Crippen molar-refractivity contribution in [2.24, 2.45) is 5.92 Å². The van der Waals surface area contributed by atoms with Crippen molar-refractivity contribution in [2.75, 3.05) is 0 Å². The van der Waals surface area contributed by atoms with Crippen molar-refractivity contribution in [1.82, 2.24) is 5.32 Å². The van der Waals surface area contributed by atoms with Crippen LogP contribution in [0.2, 0.25) is 0 Å². The van der Waals surface area contributed by atoms with Crippen LogP contribution in [0.1, 0.15) is 27.2 Å². The third-order valence-electron chi connectivity index (χ3n) is 2.19. The van der Waals surface area contributed by atoms with E-state index in [0.717, 1.165) is 5.57 Å². The molecule has 1 N–H and O–H groups in total. The molecule has 0 aromatic rings. The van der Waals surface area contributed by atoms with E-state index >= 15 is 0 Å². The van der Waals surface area contributed by atoms with E-state index in [-0.39, 0.29) is 17.7 Å². The molecule has 0 heterocycles. The van der Waals surface area contributed by atoms with Crippen LogP contribution < -0.4 is 5.32 Å². The van der Waals surface area contributed by atoms with Gasteiger partial charge in [0.15, 0.2) is 0 Å². The molecule has 3 nitrogen and oxygen atoms in total. The van der Waals surface area contributed by atoms with Gasteiger partial charge in [0.25, 0.3) is 0 Å². The summed E-state index contributed by atoms with van der Waals surface area (Å²) >= 11 is 0. The van der Waals surface area contributed by atoms with Crippen LogP contribution in [0.5, 0.6) is 0 Å². The van der Waals surface area contributed by atoms with Crippen molar-refractivity contribution < 1.29 is 9.59 Å². The lowest BCUT2D eigenvalue weighted by atomic mass is 9.99. The Hall–Kier alpha value is -1.64. The minimum atomic E-state index is -0.371. The summed E-state index contributed by atoms with van der Waals surface area (Å²) in [5, 5.41) is 2.33. The molecule has 0 aliphatic rings. The topological polar surface area (TPSA) is 46.2 Å². The molecule has 0 bridgehead atoms. The van der Waals surface area contributed by atoms with E-state index in [0.29, 0.717) is 6.42 Å². The van der Waals surface area contributed by atoms with Gasteiger partial charge in [0.2, 0.25) is 11.8 Å². The molecule has 88 valence electrons. The summed E-state index contributed by atoms with van der Waals surface area (Å²) in [5.41, 5.74) is 0.791. The third kappa shape index (κ3) is 4.73. The second-order valence-electron chi connectivity index (χ2n) is 3.38. The number of hydrogen-bond donors (Lipinski definition) is 1. The van der Waals surface area contributed by atoms with Gasteiger partial charge in [0.1, 0.15) is 0 Å². The lowest BCUT2D eigenvalue weighted by Crippen LogP contribution is -2.34. The number of hydrogen-bond acceptors (Lipinski definition) is 2. The summed E-state index contributed by atoms with van der Waals surface area (Å²) in [4.78, 5) is 22.7. The highest BCUT2D eigenvalue weighted by Gasteiger charge is 2.16. The third-order valence-corrected chi connectivity index (χ3v) is 2.19. The molecule has 0 aliphatic carbocycles. The SMILES string of the molecule is C=C/C(=C\C=C/C)C(C)C(=O)NC(=O)CC. The standard InChI is InChI=1S/C13H19NO2/c1-5-8-9-11(6-2)10(4)13(16)14-12(15)7-3/h5-6,8-10H,2,7H2,1,3-4H3,(H,14,15,16)/b8-5-,11-9+. The van der Waals surface area contributed by atoms with Crippen LogP contribution in [0.25, 0.3) is 0 Å². The zero-order chi connectivity index (χ0) is 12.6. The monoisotopic (exact) mass is 221 g/mol. The molecule has 0 rings (SSSR count). The second-order valence-corrected chi connectivity index (χ2v) is 3.38. The average molecular weight is 221 g/mol. The molecular formula is C13H19NO2. The Bertz CT molecular complexity index is 327. The molecule has 0 aliphatic heterocycles. The zero-order valence-electron chi connectivity index (χ0n) is 10.1. The molecule has 1 atom stereocenters. The van der Waals surface area contributed by atoms with Gasteiger partial charge in [-0.1, -0.05) is 37.8 Å². The van der Waals surface area contributed by atoms with Crippen LogP contribution in [0.15, 0.2) is 36.5 Å². The molecule has 1 unspecified atom stereocenters. The van der Waals surface area contributed by atoms with Gasteiger partial charge in [0.05, 0.1) is 5.92 Å². The molecule has 0 radical (unpaired) electrons. The average Bonchev–Trinajstić information content (AvgIpc) is 2.29. The fourth-order valence-electron chi connectivity index (χ4n) is 1.08. The highest BCUT2D eigenvalue weighted by atomic mass is 16.2. The van der Waals surface area contributed by atoms with Gasteiger partial charge in [-0.25, -0.2) is 0 Å². The van der Waals surface area contributed by atoms with E-state index in [9.17, 15) is 9.59 Å². The highest BCUT2D eigenvalue weighted by molar-refractivity contribution is 5.97. The summed E-state index contributed by atoms with van der Waals surface area (Å²) in [6.45, 7) is 8.99. The first kappa shape index (κ1) is 14.4. The maximum Gasteiger partial charge on any atom is 0.233 e. The smallest absolute Gasteiger partial charge is 0.233 e. The van der Waals surface area contributed by atoms with Crippen LogP contribution in [0.4, 0.5) is 0 Å². The molecular weight excluding hydrogens is 202 g/mol. The normalized spacial score (nSPS) is 13.6. The van der Waals surface area contributed by atoms with Crippen molar-refractivity contribution in [3.05, 3.63) is 36.5 Å². The van der Waals surface area contributed by atoms with E-state index in [1.54, 1.807) is 19.9 Å². The first-order valence-electron chi connectivity index (χ1n) is 5.35. The predicted molar refractivity (Wildman–Crippen MR) is 65.7 cm³/mol. The second kappa shape index (κ2) is 7.63. The van der Waals surface area contributed by atoms with Crippen LogP contribution in [-0.4, -0.2) is 11.8 Å². The number of allylic oxidation sites excluding steroid dienone is 4. The van der Waals surface area contributed by atoms with E-state index in [4.69, 9.17) is 0 Å². The van der Waals surface area contributed by atoms with E-state index in [1.807, 2.05) is 25.2 Å². The number of carbonyl (C=O) groups is 2. The predicted octanol–water partition coefficient (Wildman–Crippen LogP) is 2.36. The van der Waals surface area contributed by atoms with Crippen LogP contribution in [-0.2, 0) is 9.59 Å². The minimum absolute atomic E-state index is 0.258. The van der Waals surface area contributed by atoms with Crippen LogP contribution in [0, 0.1) is 5.92 Å². The quantitative estimate of drug-likeness (QED) is 0.724. The number of imide groups is 1. The van der Waals surface area contributed by atoms with Gasteiger partial charge in [-0.2, -0.15) is 0 Å². The Morgan fingerprint density at radius 3 is 2.50 bits per heavy atom. The van der Waals surface area contributed by atoms with Crippen molar-refractivity contribution >= 4 is 11.8 Å². The van der Waals surface area contributed by atoms with Gasteiger partial charge in [-0.05, 0) is 19.4 Å². The van der Waals surface area contributed by atoms with Crippen LogP contribution >= 0.6 is 0 Å². The van der Waals surface area contributed by atoms with Crippen molar-refractivity contribution in [3.63, 3.8) is 0 Å². The number of amides is 2. The molecule has 0 spiro atoms. The summed E-state index contributed by atoms with van der Waals surface area (Å²) in [6, 6.07) is 0. The fourth-order valence-corrected chi connectivity index (χ4v) is 1.08. The van der Waals surface area contributed by atoms with Crippen molar-refractivity contribution in [2.45, 2.75) is 27.2 Å². The summed E-state index contributed by atoms with van der Waals surface area (Å²) < 4.78 is 0. The molecule has 0 aromatic heterocycles. The summed E-state index contributed by atoms with van der Waals surface area (Å²) in [5.74, 6) is -0.919. The van der Waals surface area contributed by atoms with Gasteiger partial charge in [0, 0.05) is 6.42 Å². The van der Waals surface area contributed by atoms with Gasteiger partial charge < -0.3 is 0 Å². The lowest BCUT2D eigenvalue weighted by molar-refractivity contribution is -0.131. The van der Waals surface area contributed by atoms with E-state index in [1.165, 1.54) is 0 Å². The molecule has 2 amide bonds. The molecule has 16 heavy (non-hydrogen) atoms. The Morgan fingerprint density at radius 1 is 1.44 bits per heavy atom. The molecule has 3 heteroatoms. The van der Waals surface area contributed by atoms with Crippen molar-refractivity contribution in [3.8, 4) is 0 Å². The summed E-state index contributed by atoms with van der Waals surface area (Å²) in [6.07, 6.45) is 7.45. The Morgan fingerprint density at radius 2 is 2.06 bits per heavy atom.